The molecular formula is C13H11Cl2N3O3S. The molecule has 2 aromatic rings. The molecule has 5 N–H and O–H groups in total. The number of carbonyl (C=O) groups excluding carboxylic acids is 1. The zero-order valence-corrected chi connectivity index (χ0v) is 13.3. The van der Waals surface area contributed by atoms with Crippen molar-refractivity contribution >= 4 is 50.5 Å². The van der Waals surface area contributed by atoms with Gasteiger partial charge in [0, 0.05) is 11.3 Å². The van der Waals surface area contributed by atoms with E-state index in [4.69, 9.17) is 34.7 Å². The third kappa shape index (κ3) is 3.44. The van der Waals surface area contributed by atoms with E-state index >= 15 is 0 Å². The van der Waals surface area contributed by atoms with E-state index in [-0.39, 0.29) is 31.9 Å². The summed E-state index contributed by atoms with van der Waals surface area (Å²) in [6.07, 6.45) is 0. The summed E-state index contributed by atoms with van der Waals surface area (Å²) >= 11 is 11.7. The lowest BCUT2D eigenvalue weighted by molar-refractivity contribution is 0.100. The number of hydrogen-bond acceptors (Lipinski definition) is 4. The second kappa shape index (κ2) is 6.04. The van der Waals surface area contributed by atoms with E-state index in [0.29, 0.717) is 0 Å². The summed E-state index contributed by atoms with van der Waals surface area (Å²) < 4.78 is 26.9. The van der Waals surface area contributed by atoms with Crippen LogP contribution >= 0.6 is 23.2 Å². The molecule has 0 bridgehead atoms. The summed E-state index contributed by atoms with van der Waals surface area (Å²) in [6, 6.07) is 8.04. The van der Waals surface area contributed by atoms with Crippen molar-refractivity contribution in [1.29, 1.82) is 0 Å². The Kier molecular flexibility index (Phi) is 4.50. The minimum absolute atomic E-state index is 0.0388. The number of amides is 1. The number of carbonyl (C=O) groups is 1. The predicted molar refractivity (Wildman–Crippen MR) is 86.6 cm³/mol. The fourth-order valence-corrected chi connectivity index (χ4v) is 3.36. The van der Waals surface area contributed by atoms with Crippen LogP contribution in [0.5, 0.6) is 0 Å². The summed E-state index contributed by atoms with van der Waals surface area (Å²) in [5.41, 5.74) is 11.3. The van der Waals surface area contributed by atoms with Crippen LogP contribution in [0.4, 0.5) is 11.4 Å². The van der Waals surface area contributed by atoms with Gasteiger partial charge in [-0.05, 0) is 36.4 Å². The number of nitrogen functional groups attached to an aromatic ring is 1. The van der Waals surface area contributed by atoms with Crippen molar-refractivity contribution in [2.75, 3.05) is 10.5 Å². The maximum Gasteiger partial charge on any atom is 0.261 e. The summed E-state index contributed by atoms with van der Waals surface area (Å²) in [6.45, 7) is 0. The van der Waals surface area contributed by atoms with Gasteiger partial charge in [0.05, 0.1) is 20.6 Å². The van der Waals surface area contributed by atoms with E-state index in [2.05, 4.69) is 4.72 Å². The van der Waals surface area contributed by atoms with Crippen molar-refractivity contribution in [3.8, 4) is 0 Å². The first-order valence-electron chi connectivity index (χ1n) is 5.88. The van der Waals surface area contributed by atoms with Gasteiger partial charge >= 0.3 is 0 Å². The number of halogens is 2. The van der Waals surface area contributed by atoms with Crippen LogP contribution in [0.15, 0.2) is 41.3 Å². The Bertz CT molecular complexity index is 813. The molecule has 22 heavy (non-hydrogen) atoms. The minimum atomic E-state index is -3.90. The molecule has 0 spiro atoms. The Morgan fingerprint density at radius 2 is 1.55 bits per heavy atom. The van der Waals surface area contributed by atoms with E-state index in [0.717, 1.165) is 0 Å². The smallest absolute Gasteiger partial charge is 0.261 e. The van der Waals surface area contributed by atoms with Gasteiger partial charge in [-0.25, -0.2) is 8.42 Å². The summed E-state index contributed by atoms with van der Waals surface area (Å²) in [5.74, 6) is -0.605. The summed E-state index contributed by atoms with van der Waals surface area (Å²) in [7, 11) is -3.90. The maximum atomic E-state index is 12.3. The van der Waals surface area contributed by atoms with Crippen molar-refractivity contribution in [3.05, 3.63) is 52.0 Å². The number of nitrogens with two attached hydrogens (primary N) is 2. The number of primary amides is 1. The van der Waals surface area contributed by atoms with E-state index in [9.17, 15) is 13.2 Å². The molecule has 9 heteroatoms. The van der Waals surface area contributed by atoms with Crippen LogP contribution in [-0.2, 0) is 10.0 Å². The van der Waals surface area contributed by atoms with Crippen LogP contribution in [0.3, 0.4) is 0 Å². The first kappa shape index (κ1) is 16.4. The zero-order chi connectivity index (χ0) is 16.5. The second-order valence-corrected chi connectivity index (χ2v) is 6.84. The van der Waals surface area contributed by atoms with Crippen LogP contribution < -0.4 is 16.2 Å². The molecule has 0 saturated heterocycles. The fourth-order valence-electron chi connectivity index (χ4n) is 1.63. The Labute approximate surface area is 137 Å². The van der Waals surface area contributed by atoms with Crippen LogP contribution in [0, 0.1) is 0 Å². The van der Waals surface area contributed by atoms with Gasteiger partial charge in [-0.3, -0.25) is 9.52 Å². The second-order valence-electron chi connectivity index (χ2n) is 4.35. The molecule has 2 rings (SSSR count). The minimum Gasteiger partial charge on any atom is -0.396 e. The predicted octanol–water partition coefficient (Wildman–Crippen LogP) is 2.48. The van der Waals surface area contributed by atoms with Gasteiger partial charge in [0.15, 0.2) is 0 Å². The first-order valence-corrected chi connectivity index (χ1v) is 8.12. The molecule has 2 aromatic carbocycles. The SMILES string of the molecule is NC(=O)c1ccc(NS(=O)(=O)c2cc(Cl)c(N)c(Cl)c2)cc1. The molecule has 0 unspecified atom stereocenters. The summed E-state index contributed by atoms with van der Waals surface area (Å²) in [5, 5.41) is 0.0777. The first-order chi connectivity index (χ1) is 10.2. The lowest BCUT2D eigenvalue weighted by Crippen LogP contribution is -2.14. The highest BCUT2D eigenvalue weighted by Gasteiger charge is 2.17. The topological polar surface area (TPSA) is 115 Å². The van der Waals surface area contributed by atoms with E-state index < -0.39 is 15.9 Å². The quantitative estimate of drug-likeness (QED) is 0.727. The molecule has 0 aliphatic carbocycles. The van der Waals surface area contributed by atoms with Crippen LogP contribution in [0.1, 0.15) is 10.4 Å². The molecule has 116 valence electrons. The average Bonchev–Trinajstić information content (AvgIpc) is 2.44. The molecule has 0 radical (unpaired) electrons. The number of rotatable bonds is 4. The highest BCUT2D eigenvalue weighted by atomic mass is 35.5. The van der Waals surface area contributed by atoms with Crippen molar-refractivity contribution in [3.63, 3.8) is 0 Å². The molecule has 0 saturated carbocycles. The highest BCUT2D eigenvalue weighted by molar-refractivity contribution is 7.92. The van der Waals surface area contributed by atoms with Crippen LogP contribution in [-0.4, -0.2) is 14.3 Å². The number of nitrogens with one attached hydrogen (secondary N) is 1. The maximum absolute atomic E-state index is 12.3. The number of hydrogen-bond donors (Lipinski definition) is 3. The molecular weight excluding hydrogens is 349 g/mol. The molecule has 0 heterocycles. The standard InChI is InChI=1S/C13H11Cl2N3O3S/c14-10-5-9(6-11(15)12(10)16)22(20,21)18-8-3-1-7(2-4-8)13(17)19/h1-6,18H,16H2,(H2,17,19). The molecule has 0 aromatic heterocycles. The van der Waals surface area contributed by atoms with Gasteiger partial charge in [-0.1, -0.05) is 23.2 Å². The Balaban J connectivity index is 2.33. The Morgan fingerprint density at radius 3 is 2.00 bits per heavy atom. The average molecular weight is 360 g/mol. The van der Waals surface area contributed by atoms with E-state index in [1.165, 1.54) is 36.4 Å². The van der Waals surface area contributed by atoms with Crippen LogP contribution in [0.2, 0.25) is 10.0 Å². The van der Waals surface area contributed by atoms with Crippen molar-refractivity contribution in [1.82, 2.24) is 0 Å². The summed E-state index contributed by atoms with van der Waals surface area (Å²) in [4.78, 5) is 10.8. The Hall–Kier alpha value is -1.96. The number of anilines is 2. The largest absolute Gasteiger partial charge is 0.396 e. The van der Waals surface area contributed by atoms with Gasteiger partial charge in [0.2, 0.25) is 5.91 Å². The molecule has 6 nitrogen and oxygen atoms in total. The molecule has 0 aliphatic heterocycles. The van der Waals surface area contributed by atoms with E-state index in [1.807, 2.05) is 0 Å². The molecule has 0 fully saturated rings. The van der Waals surface area contributed by atoms with Crippen molar-refractivity contribution < 1.29 is 13.2 Å². The van der Waals surface area contributed by atoms with Gasteiger partial charge in [-0.15, -0.1) is 0 Å². The van der Waals surface area contributed by atoms with Crippen LogP contribution in [0.25, 0.3) is 0 Å². The van der Waals surface area contributed by atoms with Crippen molar-refractivity contribution in [2.24, 2.45) is 5.73 Å². The Morgan fingerprint density at radius 1 is 1.05 bits per heavy atom. The number of benzene rings is 2. The number of sulfonamides is 1. The molecule has 0 aliphatic rings. The molecule has 1 amide bonds. The fraction of sp³-hybridized carbons (Fsp3) is 0. The lowest BCUT2D eigenvalue weighted by atomic mass is 10.2. The highest BCUT2D eigenvalue weighted by Crippen LogP contribution is 2.31. The van der Waals surface area contributed by atoms with Gasteiger partial charge in [-0.2, -0.15) is 0 Å². The van der Waals surface area contributed by atoms with Crippen molar-refractivity contribution in [2.45, 2.75) is 4.90 Å². The monoisotopic (exact) mass is 359 g/mol. The van der Waals surface area contributed by atoms with Gasteiger partial charge in [0.25, 0.3) is 10.0 Å². The van der Waals surface area contributed by atoms with Gasteiger partial charge < -0.3 is 11.5 Å². The zero-order valence-electron chi connectivity index (χ0n) is 11.0. The van der Waals surface area contributed by atoms with Gasteiger partial charge in [0.1, 0.15) is 0 Å². The van der Waals surface area contributed by atoms with E-state index in [1.54, 1.807) is 0 Å². The third-order valence-corrected chi connectivity index (χ3v) is 4.77. The third-order valence-electron chi connectivity index (χ3n) is 2.78. The normalized spacial score (nSPS) is 11.2. The lowest BCUT2D eigenvalue weighted by Gasteiger charge is -2.10. The molecule has 0 atom stereocenters.